The second kappa shape index (κ2) is 9.96. The van der Waals surface area contributed by atoms with Gasteiger partial charge in [-0.05, 0) is 48.7 Å². The standard InChI is InChI=1S/C19H17ClF3O2S.K/c20-15-6-4-13(5-7-15)17-11-18(12-24,8-9-25-17)26-16-3-1-2-14(10-16)19(21,22)23;/h1-7,10,17H,8-9,11-12H2;/q-1;+1. The Balaban J connectivity index is 0.00000261. The molecule has 0 saturated carbocycles. The Morgan fingerprint density at radius 1 is 1.19 bits per heavy atom. The molecule has 1 saturated heterocycles. The smallest absolute Gasteiger partial charge is 0.853 e. The van der Waals surface area contributed by atoms with Gasteiger partial charge >= 0.3 is 57.6 Å². The first kappa shape index (κ1) is 23.7. The first-order chi connectivity index (χ1) is 12.3. The molecule has 0 radical (unpaired) electrons. The topological polar surface area (TPSA) is 32.3 Å². The van der Waals surface area contributed by atoms with E-state index in [0.29, 0.717) is 29.4 Å². The fourth-order valence-corrected chi connectivity index (χ4v) is 4.45. The van der Waals surface area contributed by atoms with Crippen LogP contribution in [0.15, 0.2) is 53.4 Å². The second-order valence-electron chi connectivity index (χ2n) is 6.32. The Hall–Kier alpha value is 0.426. The van der Waals surface area contributed by atoms with Gasteiger partial charge in [0.1, 0.15) is 0 Å². The van der Waals surface area contributed by atoms with Gasteiger partial charge in [0.15, 0.2) is 0 Å². The summed E-state index contributed by atoms with van der Waals surface area (Å²) < 4.78 is 43.9. The van der Waals surface area contributed by atoms with E-state index in [4.69, 9.17) is 16.3 Å². The third-order valence-electron chi connectivity index (χ3n) is 4.43. The molecule has 1 aliphatic rings. The third kappa shape index (κ3) is 6.20. The fraction of sp³-hybridized carbons (Fsp3) is 0.368. The molecule has 2 nitrogen and oxygen atoms in total. The van der Waals surface area contributed by atoms with Crippen molar-refractivity contribution in [2.75, 3.05) is 13.2 Å². The maximum absolute atomic E-state index is 12.9. The minimum absolute atomic E-state index is 0. The summed E-state index contributed by atoms with van der Waals surface area (Å²) in [7, 11) is 0. The summed E-state index contributed by atoms with van der Waals surface area (Å²) in [6.07, 6.45) is -3.73. The van der Waals surface area contributed by atoms with Crippen LogP contribution in [0.3, 0.4) is 0 Å². The molecule has 2 aromatic rings. The molecule has 0 N–H and O–H groups in total. The van der Waals surface area contributed by atoms with Gasteiger partial charge in [-0.3, -0.25) is 0 Å². The van der Waals surface area contributed by atoms with Gasteiger partial charge in [0.25, 0.3) is 0 Å². The summed E-state index contributed by atoms with van der Waals surface area (Å²) in [5.74, 6) is 0. The summed E-state index contributed by atoms with van der Waals surface area (Å²) in [5.41, 5.74) is 0.210. The van der Waals surface area contributed by atoms with E-state index in [9.17, 15) is 18.3 Å². The van der Waals surface area contributed by atoms with Crippen molar-refractivity contribution in [1.82, 2.24) is 0 Å². The van der Waals surface area contributed by atoms with Crippen molar-refractivity contribution in [3.8, 4) is 0 Å². The van der Waals surface area contributed by atoms with Crippen LogP contribution in [0.25, 0.3) is 0 Å². The Morgan fingerprint density at radius 2 is 1.89 bits per heavy atom. The summed E-state index contributed by atoms with van der Waals surface area (Å²) in [6.45, 7) is 0.00283. The summed E-state index contributed by atoms with van der Waals surface area (Å²) >= 11 is 7.13. The molecule has 140 valence electrons. The van der Waals surface area contributed by atoms with Gasteiger partial charge < -0.3 is 9.84 Å². The molecule has 2 aromatic carbocycles. The Kier molecular flexibility index (Phi) is 8.74. The fourth-order valence-electron chi connectivity index (χ4n) is 3.02. The molecule has 2 atom stereocenters. The predicted octanol–water partition coefficient (Wildman–Crippen LogP) is 2.11. The molecule has 0 bridgehead atoms. The molecule has 1 heterocycles. The third-order valence-corrected chi connectivity index (χ3v) is 6.10. The van der Waals surface area contributed by atoms with Gasteiger partial charge in [0.2, 0.25) is 0 Å². The van der Waals surface area contributed by atoms with E-state index in [1.165, 1.54) is 17.8 Å². The van der Waals surface area contributed by atoms with Crippen LogP contribution in [0.2, 0.25) is 5.02 Å². The molecule has 0 aromatic heterocycles. The average Bonchev–Trinajstić information content (AvgIpc) is 2.62. The van der Waals surface area contributed by atoms with Crippen molar-refractivity contribution in [1.29, 1.82) is 0 Å². The van der Waals surface area contributed by atoms with Crippen LogP contribution < -0.4 is 56.5 Å². The van der Waals surface area contributed by atoms with Crippen molar-refractivity contribution in [3.05, 3.63) is 64.7 Å². The van der Waals surface area contributed by atoms with E-state index in [0.717, 1.165) is 17.7 Å². The SMILES string of the molecule is [K+].[O-]CC1(Sc2cccc(C(F)(F)F)c2)CCOC(c2ccc(Cl)cc2)C1. The normalized spacial score (nSPS) is 22.9. The molecule has 27 heavy (non-hydrogen) atoms. The van der Waals surface area contributed by atoms with E-state index in [-0.39, 0.29) is 64.1 Å². The van der Waals surface area contributed by atoms with Crippen molar-refractivity contribution >= 4 is 23.4 Å². The Bertz CT molecular complexity index is 757. The zero-order valence-corrected chi connectivity index (χ0v) is 19.5. The Labute approximate surface area is 208 Å². The van der Waals surface area contributed by atoms with Crippen LogP contribution in [-0.4, -0.2) is 18.0 Å². The first-order valence-corrected chi connectivity index (χ1v) is 9.32. The largest absolute Gasteiger partial charge is 1.00 e. The van der Waals surface area contributed by atoms with Gasteiger partial charge in [-0.25, -0.2) is 0 Å². The number of rotatable bonds is 4. The van der Waals surface area contributed by atoms with Gasteiger partial charge in [-0.1, -0.05) is 29.8 Å². The summed E-state index contributed by atoms with van der Waals surface area (Å²) in [6, 6.07) is 12.3. The average molecular weight is 441 g/mol. The van der Waals surface area contributed by atoms with Crippen molar-refractivity contribution in [2.45, 2.75) is 34.8 Å². The quantitative estimate of drug-likeness (QED) is 0.682. The number of ether oxygens (including phenoxy) is 1. The molecular formula is C19H17ClF3KO2S. The number of thioether (sulfide) groups is 1. The number of halogens is 4. The molecule has 0 aliphatic carbocycles. The number of hydrogen-bond acceptors (Lipinski definition) is 3. The maximum Gasteiger partial charge on any atom is 1.00 e. The van der Waals surface area contributed by atoms with Gasteiger partial charge in [-0.15, -0.1) is 18.4 Å². The van der Waals surface area contributed by atoms with Crippen molar-refractivity contribution in [3.63, 3.8) is 0 Å². The van der Waals surface area contributed by atoms with E-state index < -0.39 is 16.5 Å². The van der Waals surface area contributed by atoms with Crippen LogP contribution in [0, 0.1) is 0 Å². The molecule has 8 heteroatoms. The molecule has 0 spiro atoms. The minimum atomic E-state index is -4.40. The zero-order chi connectivity index (χ0) is 18.8. The molecule has 0 amide bonds. The summed E-state index contributed by atoms with van der Waals surface area (Å²) in [5, 5.41) is 12.6. The molecule has 1 aliphatic heterocycles. The van der Waals surface area contributed by atoms with E-state index in [2.05, 4.69) is 0 Å². The van der Waals surface area contributed by atoms with Crippen molar-refractivity contribution in [2.24, 2.45) is 0 Å². The molecule has 1 fully saturated rings. The molecule has 3 rings (SSSR count). The van der Waals surface area contributed by atoms with Gasteiger partial charge in [0.05, 0.1) is 11.7 Å². The summed E-state index contributed by atoms with van der Waals surface area (Å²) in [4.78, 5) is 0.451. The van der Waals surface area contributed by atoms with Crippen LogP contribution in [0.4, 0.5) is 13.2 Å². The van der Waals surface area contributed by atoms with Gasteiger partial charge in [-0.2, -0.15) is 13.2 Å². The number of alkyl halides is 3. The van der Waals surface area contributed by atoms with Crippen molar-refractivity contribution < 1.29 is 74.4 Å². The predicted molar refractivity (Wildman–Crippen MR) is 94.3 cm³/mol. The van der Waals surface area contributed by atoms with E-state index in [1.54, 1.807) is 18.2 Å². The molecule has 2 unspecified atom stereocenters. The van der Waals surface area contributed by atoms with Gasteiger partial charge in [0, 0.05) is 21.3 Å². The van der Waals surface area contributed by atoms with Crippen LogP contribution >= 0.6 is 23.4 Å². The van der Waals surface area contributed by atoms with Crippen LogP contribution in [0.5, 0.6) is 0 Å². The second-order valence-corrected chi connectivity index (χ2v) is 8.30. The maximum atomic E-state index is 12.9. The Morgan fingerprint density at radius 3 is 2.52 bits per heavy atom. The van der Waals surface area contributed by atoms with E-state index in [1.807, 2.05) is 12.1 Å². The minimum Gasteiger partial charge on any atom is -0.853 e. The number of benzene rings is 2. The van der Waals surface area contributed by atoms with Crippen LogP contribution in [0.1, 0.15) is 30.1 Å². The van der Waals surface area contributed by atoms with Crippen LogP contribution in [-0.2, 0) is 10.9 Å². The molecular weight excluding hydrogens is 424 g/mol. The number of hydrogen-bond donors (Lipinski definition) is 0. The van der Waals surface area contributed by atoms with E-state index >= 15 is 0 Å². The first-order valence-electron chi connectivity index (χ1n) is 8.13. The monoisotopic (exact) mass is 440 g/mol. The zero-order valence-electron chi connectivity index (χ0n) is 14.8.